The maximum atomic E-state index is 13.2. The van der Waals surface area contributed by atoms with Gasteiger partial charge in [0.1, 0.15) is 11.3 Å². The van der Waals surface area contributed by atoms with Crippen LogP contribution in [-0.4, -0.2) is 16.3 Å². The highest BCUT2D eigenvalue weighted by Gasteiger charge is 2.26. The van der Waals surface area contributed by atoms with E-state index in [1.165, 1.54) is 16.9 Å². The van der Waals surface area contributed by atoms with Crippen LogP contribution in [0.4, 0.5) is 0 Å². The molecule has 1 aliphatic rings. The van der Waals surface area contributed by atoms with Crippen molar-refractivity contribution in [1.82, 2.24) is 9.88 Å². The number of aryl methyl sites for hydroxylation is 1. The Morgan fingerprint density at radius 3 is 2.64 bits per heavy atom. The Morgan fingerprint density at radius 2 is 1.93 bits per heavy atom. The second kappa shape index (κ2) is 7.31. The zero-order chi connectivity index (χ0) is 19.7. The predicted octanol–water partition coefficient (Wildman–Crippen LogP) is 3.19. The van der Waals surface area contributed by atoms with Crippen molar-refractivity contribution >= 4 is 11.7 Å². The number of carbonyl (C=O) groups excluding carboxylic acids is 2. The van der Waals surface area contributed by atoms with Gasteiger partial charge in [0.05, 0.1) is 12.8 Å². The molecule has 0 fully saturated rings. The summed E-state index contributed by atoms with van der Waals surface area (Å²) in [6.07, 6.45) is 3.26. The van der Waals surface area contributed by atoms with Crippen molar-refractivity contribution in [2.75, 3.05) is 0 Å². The van der Waals surface area contributed by atoms with Gasteiger partial charge in [-0.25, -0.2) is 0 Å². The molecule has 1 N–H and O–H groups in total. The summed E-state index contributed by atoms with van der Waals surface area (Å²) < 4.78 is 6.72. The van der Waals surface area contributed by atoms with E-state index in [0.29, 0.717) is 42.0 Å². The van der Waals surface area contributed by atoms with E-state index in [-0.39, 0.29) is 17.9 Å². The van der Waals surface area contributed by atoms with Gasteiger partial charge in [-0.2, -0.15) is 0 Å². The zero-order valence-corrected chi connectivity index (χ0v) is 15.5. The highest BCUT2D eigenvalue weighted by atomic mass is 16.3. The maximum absolute atomic E-state index is 13.2. The number of nitrogens with one attached hydrogen (secondary N) is 1. The molecule has 1 aromatic carbocycles. The molecule has 0 unspecified atom stereocenters. The number of rotatable bonds is 4. The summed E-state index contributed by atoms with van der Waals surface area (Å²) in [4.78, 5) is 38.4. The van der Waals surface area contributed by atoms with Crippen molar-refractivity contribution in [3.63, 3.8) is 0 Å². The molecule has 0 atom stereocenters. The lowest BCUT2D eigenvalue weighted by atomic mass is 9.92. The summed E-state index contributed by atoms with van der Waals surface area (Å²) in [5.41, 5.74) is 2.38. The maximum Gasteiger partial charge on any atom is 0.268 e. The van der Waals surface area contributed by atoms with E-state index in [0.717, 1.165) is 5.56 Å². The number of fused-ring (bicyclic) bond motifs is 1. The molecule has 1 amide bonds. The first-order valence-electron chi connectivity index (χ1n) is 9.24. The molecule has 142 valence electrons. The van der Waals surface area contributed by atoms with Crippen LogP contribution in [0.25, 0.3) is 5.69 Å². The molecule has 3 aromatic rings. The number of ketones is 1. The predicted molar refractivity (Wildman–Crippen MR) is 104 cm³/mol. The number of hydrogen-bond acceptors (Lipinski definition) is 4. The average Bonchev–Trinajstić information content (AvgIpc) is 3.21. The molecule has 0 saturated carbocycles. The highest BCUT2D eigenvalue weighted by molar-refractivity contribution is 6.01. The fourth-order valence-corrected chi connectivity index (χ4v) is 3.50. The van der Waals surface area contributed by atoms with Crippen LogP contribution in [0.1, 0.15) is 50.6 Å². The van der Waals surface area contributed by atoms with E-state index in [1.807, 2.05) is 31.2 Å². The van der Waals surface area contributed by atoms with Gasteiger partial charge >= 0.3 is 0 Å². The fourth-order valence-electron chi connectivity index (χ4n) is 3.50. The van der Waals surface area contributed by atoms with E-state index in [9.17, 15) is 14.4 Å². The van der Waals surface area contributed by atoms with Gasteiger partial charge in [0.15, 0.2) is 5.78 Å². The molecule has 6 nitrogen and oxygen atoms in total. The monoisotopic (exact) mass is 376 g/mol. The third kappa shape index (κ3) is 3.29. The van der Waals surface area contributed by atoms with Gasteiger partial charge in [0.25, 0.3) is 11.5 Å². The molecule has 1 aliphatic carbocycles. The molecule has 0 saturated heterocycles. The second-order valence-corrected chi connectivity index (χ2v) is 6.93. The van der Waals surface area contributed by atoms with E-state index < -0.39 is 11.5 Å². The van der Waals surface area contributed by atoms with Crippen molar-refractivity contribution in [2.45, 2.75) is 32.7 Å². The van der Waals surface area contributed by atoms with Crippen LogP contribution in [0.15, 0.2) is 57.9 Å². The van der Waals surface area contributed by atoms with Crippen molar-refractivity contribution < 1.29 is 14.0 Å². The molecule has 0 bridgehead atoms. The largest absolute Gasteiger partial charge is 0.467 e. The van der Waals surface area contributed by atoms with Gasteiger partial charge < -0.3 is 9.73 Å². The first-order chi connectivity index (χ1) is 13.5. The van der Waals surface area contributed by atoms with Crippen LogP contribution in [-0.2, 0) is 13.0 Å². The van der Waals surface area contributed by atoms with E-state index in [1.54, 1.807) is 12.1 Å². The fraction of sp³-hybridized carbons (Fsp3) is 0.227. The van der Waals surface area contributed by atoms with Crippen LogP contribution in [0.3, 0.4) is 0 Å². The van der Waals surface area contributed by atoms with Gasteiger partial charge in [-0.15, -0.1) is 0 Å². The third-order valence-corrected chi connectivity index (χ3v) is 4.96. The molecule has 28 heavy (non-hydrogen) atoms. The number of carbonyl (C=O) groups is 2. The number of furan rings is 1. The number of nitrogens with zero attached hydrogens (tertiary/aromatic N) is 1. The normalized spacial score (nSPS) is 13.2. The van der Waals surface area contributed by atoms with E-state index in [2.05, 4.69) is 5.32 Å². The first kappa shape index (κ1) is 18.0. The summed E-state index contributed by atoms with van der Waals surface area (Å²) in [6, 6.07) is 12.4. The van der Waals surface area contributed by atoms with Crippen molar-refractivity contribution in [3.8, 4) is 5.69 Å². The highest BCUT2D eigenvalue weighted by Crippen LogP contribution is 2.23. The van der Waals surface area contributed by atoms with Crippen molar-refractivity contribution in [1.29, 1.82) is 0 Å². The lowest BCUT2D eigenvalue weighted by molar-refractivity contribution is 0.0946. The summed E-state index contributed by atoms with van der Waals surface area (Å²) >= 11 is 0. The molecule has 0 radical (unpaired) electrons. The van der Waals surface area contributed by atoms with Crippen LogP contribution in [0, 0.1) is 6.92 Å². The van der Waals surface area contributed by atoms with Crippen LogP contribution < -0.4 is 10.9 Å². The standard InChI is InChI=1S/C22H20N2O4/c1-14-7-9-15(10-8-14)24-19-5-2-6-20(25)17(19)12-18(22(24)27)21(26)23-13-16-4-3-11-28-16/h3-4,7-12H,2,5-6,13H2,1H3,(H,23,26). The number of aromatic nitrogens is 1. The minimum absolute atomic E-state index is 0.0396. The number of pyridine rings is 1. The van der Waals surface area contributed by atoms with Gasteiger partial charge in [0, 0.05) is 23.4 Å². The van der Waals surface area contributed by atoms with Crippen LogP contribution in [0.2, 0.25) is 0 Å². The molecular weight excluding hydrogens is 356 g/mol. The average molecular weight is 376 g/mol. The van der Waals surface area contributed by atoms with Gasteiger partial charge in [-0.05, 0) is 50.1 Å². The van der Waals surface area contributed by atoms with Gasteiger partial charge in [-0.1, -0.05) is 17.7 Å². The van der Waals surface area contributed by atoms with E-state index in [4.69, 9.17) is 4.42 Å². The lowest BCUT2D eigenvalue weighted by Crippen LogP contribution is -2.35. The minimum atomic E-state index is -0.525. The Labute approximate surface area is 161 Å². The number of hydrogen-bond donors (Lipinski definition) is 1. The van der Waals surface area contributed by atoms with E-state index >= 15 is 0 Å². The third-order valence-electron chi connectivity index (χ3n) is 4.96. The van der Waals surface area contributed by atoms with Crippen molar-refractivity contribution in [2.24, 2.45) is 0 Å². The topological polar surface area (TPSA) is 81.3 Å². The van der Waals surface area contributed by atoms with Gasteiger partial charge in [-0.3, -0.25) is 19.0 Å². The Bertz CT molecular complexity index is 1090. The number of benzene rings is 1. The number of Topliss-reactive ketones (excluding diaryl/α,β-unsaturated/α-hetero) is 1. The lowest BCUT2D eigenvalue weighted by Gasteiger charge is -2.21. The smallest absolute Gasteiger partial charge is 0.268 e. The summed E-state index contributed by atoms with van der Waals surface area (Å²) in [5.74, 6) is 0.0203. The quantitative estimate of drug-likeness (QED) is 0.758. The molecule has 0 spiro atoms. The zero-order valence-electron chi connectivity index (χ0n) is 15.5. The minimum Gasteiger partial charge on any atom is -0.467 e. The van der Waals surface area contributed by atoms with Gasteiger partial charge in [0.2, 0.25) is 0 Å². The van der Waals surface area contributed by atoms with Crippen LogP contribution in [0.5, 0.6) is 0 Å². The molecule has 6 heteroatoms. The molecule has 2 aromatic heterocycles. The molecular formula is C22H20N2O4. The Hall–Kier alpha value is -3.41. The second-order valence-electron chi connectivity index (χ2n) is 6.93. The number of amides is 1. The summed E-state index contributed by atoms with van der Waals surface area (Å²) in [5, 5.41) is 2.69. The Kier molecular flexibility index (Phi) is 4.69. The SMILES string of the molecule is Cc1ccc(-n2c3c(cc(C(=O)NCc4ccco4)c2=O)C(=O)CCC3)cc1. The molecule has 2 heterocycles. The Morgan fingerprint density at radius 1 is 1.14 bits per heavy atom. The molecule has 0 aliphatic heterocycles. The van der Waals surface area contributed by atoms with Crippen molar-refractivity contribution in [3.05, 3.63) is 87.2 Å². The Balaban J connectivity index is 1.81. The first-order valence-corrected chi connectivity index (χ1v) is 9.24. The molecule has 4 rings (SSSR count). The summed E-state index contributed by atoms with van der Waals surface area (Å²) in [6.45, 7) is 2.13. The summed E-state index contributed by atoms with van der Waals surface area (Å²) in [7, 11) is 0. The van der Waals surface area contributed by atoms with Crippen LogP contribution >= 0.6 is 0 Å².